The van der Waals surface area contributed by atoms with Crippen LogP contribution in [0.3, 0.4) is 0 Å². The van der Waals surface area contributed by atoms with Crippen molar-refractivity contribution in [2.24, 2.45) is 0 Å². The molecule has 0 aliphatic carbocycles. The van der Waals surface area contributed by atoms with Gasteiger partial charge in [0.2, 0.25) is 0 Å². The molecule has 0 aromatic heterocycles. The topological polar surface area (TPSA) is 44.7 Å². The van der Waals surface area contributed by atoms with E-state index < -0.39 is 0 Å². The van der Waals surface area contributed by atoms with Crippen molar-refractivity contribution in [1.82, 2.24) is 5.32 Å². The van der Waals surface area contributed by atoms with Gasteiger partial charge in [0.05, 0.1) is 19.3 Å². The Kier molecular flexibility index (Phi) is 5.40. The van der Waals surface area contributed by atoms with E-state index in [1.807, 2.05) is 7.05 Å². The fourth-order valence-electron chi connectivity index (χ4n) is 2.89. The van der Waals surface area contributed by atoms with Crippen LogP contribution in [-0.2, 0) is 4.74 Å². The lowest BCUT2D eigenvalue weighted by molar-refractivity contribution is -0.0104. The second kappa shape index (κ2) is 7.07. The summed E-state index contributed by atoms with van der Waals surface area (Å²) in [6.07, 6.45) is 0.962. The van der Waals surface area contributed by atoms with Gasteiger partial charge in [0.25, 0.3) is 0 Å². The Bertz CT molecular complexity index is 421. The molecule has 1 aliphatic heterocycles. The molecule has 1 fully saturated rings. The molecule has 0 bridgehead atoms. The van der Waals surface area contributed by atoms with Gasteiger partial charge in [-0.3, -0.25) is 0 Å². The van der Waals surface area contributed by atoms with Gasteiger partial charge in [-0.1, -0.05) is 25.1 Å². The molecule has 112 valence electrons. The van der Waals surface area contributed by atoms with E-state index in [1.165, 1.54) is 11.3 Å². The van der Waals surface area contributed by atoms with Gasteiger partial charge in [-0.2, -0.15) is 0 Å². The first-order valence-corrected chi connectivity index (χ1v) is 7.46. The summed E-state index contributed by atoms with van der Waals surface area (Å²) in [7, 11) is 2.00. The largest absolute Gasteiger partial charge is 0.394 e. The summed E-state index contributed by atoms with van der Waals surface area (Å²) >= 11 is 0. The van der Waals surface area contributed by atoms with Gasteiger partial charge >= 0.3 is 0 Å². The Hall–Kier alpha value is -1.10. The van der Waals surface area contributed by atoms with Crippen molar-refractivity contribution < 1.29 is 9.84 Å². The van der Waals surface area contributed by atoms with Crippen LogP contribution in [0.25, 0.3) is 0 Å². The summed E-state index contributed by atoms with van der Waals surface area (Å²) in [6.45, 7) is 5.85. The first-order valence-electron chi connectivity index (χ1n) is 7.46. The second-order valence-electron chi connectivity index (χ2n) is 5.45. The molecule has 1 aliphatic rings. The highest BCUT2D eigenvalue weighted by Gasteiger charge is 2.28. The molecule has 0 spiro atoms. The first-order chi connectivity index (χ1) is 9.71. The van der Waals surface area contributed by atoms with Crippen LogP contribution in [0.2, 0.25) is 0 Å². The smallest absolute Gasteiger partial charge is 0.0981 e. The normalized spacial score (nSPS) is 24.7. The molecule has 0 radical (unpaired) electrons. The predicted molar refractivity (Wildman–Crippen MR) is 82.2 cm³/mol. The molecule has 2 rings (SSSR count). The third-order valence-corrected chi connectivity index (χ3v) is 4.09. The lowest BCUT2D eigenvalue weighted by Crippen LogP contribution is -2.50. The number of aliphatic hydroxyl groups is 1. The molecule has 3 unspecified atom stereocenters. The van der Waals surface area contributed by atoms with E-state index in [1.54, 1.807) is 0 Å². The average molecular weight is 278 g/mol. The minimum atomic E-state index is -0.0890. The average Bonchev–Trinajstić information content (AvgIpc) is 2.50. The van der Waals surface area contributed by atoms with E-state index >= 15 is 0 Å². The molecular formula is C16H26N2O2. The molecule has 1 saturated heterocycles. The van der Waals surface area contributed by atoms with Crippen LogP contribution in [0, 0.1) is 0 Å². The van der Waals surface area contributed by atoms with Crippen LogP contribution >= 0.6 is 0 Å². The highest BCUT2D eigenvalue weighted by atomic mass is 16.5. The Balaban J connectivity index is 2.30. The SMILES string of the molecule is CCC(NC)c1ccccc1N1CC(CO)OCC1C. The maximum Gasteiger partial charge on any atom is 0.0981 e. The van der Waals surface area contributed by atoms with E-state index in [4.69, 9.17) is 4.74 Å². The summed E-state index contributed by atoms with van der Waals surface area (Å²) in [6, 6.07) is 9.22. The minimum absolute atomic E-state index is 0.0780. The van der Waals surface area contributed by atoms with Gasteiger partial charge in [0, 0.05) is 24.3 Å². The van der Waals surface area contributed by atoms with Crippen LogP contribution in [0.15, 0.2) is 24.3 Å². The fourth-order valence-corrected chi connectivity index (χ4v) is 2.89. The number of aliphatic hydroxyl groups excluding tert-OH is 1. The Morgan fingerprint density at radius 1 is 1.45 bits per heavy atom. The number of ether oxygens (including phenoxy) is 1. The van der Waals surface area contributed by atoms with E-state index in [2.05, 4.69) is 48.3 Å². The van der Waals surface area contributed by atoms with Crippen molar-refractivity contribution in [2.45, 2.75) is 38.5 Å². The standard InChI is InChI=1S/C16H26N2O2/c1-4-15(17-3)14-7-5-6-8-16(14)18-9-13(10-19)20-11-12(18)2/h5-8,12-13,15,17,19H,4,9-11H2,1-3H3. The van der Waals surface area contributed by atoms with Gasteiger partial charge in [0.15, 0.2) is 0 Å². The van der Waals surface area contributed by atoms with Crippen LogP contribution in [0.4, 0.5) is 5.69 Å². The molecule has 4 heteroatoms. The number of hydrogen-bond donors (Lipinski definition) is 2. The summed E-state index contributed by atoms with van der Waals surface area (Å²) in [5, 5.41) is 12.7. The lowest BCUT2D eigenvalue weighted by Gasteiger charge is -2.40. The summed E-state index contributed by atoms with van der Waals surface area (Å²) in [4.78, 5) is 2.36. The molecule has 20 heavy (non-hydrogen) atoms. The zero-order chi connectivity index (χ0) is 14.5. The van der Waals surface area contributed by atoms with Gasteiger partial charge in [-0.25, -0.2) is 0 Å². The van der Waals surface area contributed by atoms with Gasteiger partial charge in [-0.15, -0.1) is 0 Å². The zero-order valence-electron chi connectivity index (χ0n) is 12.7. The van der Waals surface area contributed by atoms with Gasteiger partial charge in [0.1, 0.15) is 0 Å². The number of nitrogens with one attached hydrogen (secondary N) is 1. The molecule has 4 nitrogen and oxygen atoms in total. The second-order valence-corrected chi connectivity index (χ2v) is 5.45. The number of nitrogens with zero attached hydrogens (tertiary/aromatic N) is 1. The number of para-hydroxylation sites is 1. The minimum Gasteiger partial charge on any atom is -0.394 e. The van der Waals surface area contributed by atoms with Crippen molar-refractivity contribution in [3.05, 3.63) is 29.8 Å². The third kappa shape index (κ3) is 3.14. The molecular weight excluding hydrogens is 252 g/mol. The highest BCUT2D eigenvalue weighted by Crippen LogP contribution is 2.31. The Labute approximate surface area is 121 Å². The summed E-state index contributed by atoms with van der Waals surface area (Å²) < 4.78 is 5.64. The maximum absolute atomic E-state index is 9.35. The van der Waals surface area contributed by atoms with E-state index in [0.29, 0.717) is 18.7 Å². The number of anilines is 1. The monoisotopic (exact) mass is 278 g/mol. The van der Waals surface area contributed by atoms with Crippen molar-refractivity contribution in [3.8, 4) is 0 Å². The Morgan fingerprint density at radius 3 is 2.85 bits per heavy atom. The van der Waals surface area contributed by atoms with Gasteiger partial charge < -0.3 is 20.1 Å². The van der Waals surface area contributed by atoms with Gasteiger partial charge in [-0.05, 0) is 32.0 Å². The quantitative estimate of drug-likeness (QED) is 0.864. The van der Waals surface area contributed by atoms with Crippen LogP contribution < -0.4 is 10.2 Å². The molecule has 0 amide bonds. The van der Waals surface area contributed by atoms with Crippen LogP contribution in [-0.4, -0.2) is 44.1 Å². The lowest BCUT2D eigenvalue weighted by atomic mass is 10.00. The van der Waals surface area contributed by atoms with Crippen molar-refractivity contribution >= 4 is 5.69 Å². The molecule has 2 N–H and O–H groups in total. The molecule has 3 atom stereocenters. The van der Waals surface area contributed by atoms with E-state index in [0.717, 1.165) is 13.0 Å². The van der Waals surface area contributed by atoms with Crippen LogP contribution in [0.1, 0.15) is 31.9 Å². The number of benzene rings is 1. The molecule has 1 aromatic rings. The zero-order valence-corrected chi connectivity index (χ0v) is 12.7. The predicted octanol–water partition coefficient (Wildman–Crippen LogP) is 1.94. The summed E-state index contributed by atoms with van der Waals surface area (Å²) in [5.74, 6) is 0. The number of morpholine rings is 1. The van der Waals surface area contributed by atoms with E-state index in [-0.39, 0.29) is 12.7 Å². The highest BCUT2D eigenvalue weighted by molar-refractivity contribution is 5.56. The van der Waals surface area contributed by atoms with E-state index in [9.17, 15) is 5.11 Å². The van der Waals surface area contributed by atoms with Crippen LogP contribution in [0.5, 0.6) is 0 Å². The Morgan fingerprint density at radius 2 is 2.20 bits per heavy atom. The van der Waals surface area contributed by atoms with Crippen molar-refractivity contribution in [3.63, 3.8) is 0 Å². The molecule has 0 saturated carbocycles. The molecule has 1 aromatic carbocycles. The van der Waals surface area contributed by atoms with Crippen molar-refractivity contribution in [2.75, 3.05) is 31.7 Å². The van der Waals surface area contributed by atoms with Crippen molar-refractivity contribution in [1.29, 1.82) is 0 Å². The first kappa shape index (κ1) is 15.3. The number of hydrogen-bond acceptors (Lipinski definition) is 4. The fraction of sp³-hybridized carbons (Fsp3) is 0.625. The number of rotatable bonds is 5. The molecule has 1 heterocycles. The third-order valence-electron chi connectivity index (χ3n) is 4.09. The maximum atomic E-state index is 9.35. The summed E-state index contributed by atoms with van der Waals surface area (Å²) in [5.41, 5.74) is 2.57.